The van der Waals surface area contributed by atoms with E-state index in [1.165, 1.54) is 6.33 Å². The normalized spacial score (nSPS) is 10.5. The predicted octanol–water partition coefficient (Wildman–Crippen LogP) is 2.39. The molecule has 1 aromatic carbocycles. The number of rotatable bonds is 2. The molecule has 0 atom stereocenters. The number of hydrogen-bond acceptors (Lipinski definition) is 4. The molecule has 1 N–H and O–H groups in total. The zero-order valence-electron chi connectivity index (χ0n) is 9.82. The van der Waals surface area contributed by atoms with Crippen molar-refractivity contribution in [1.29, 1.82) is 0 Å². The van der Waals surface area contributed by atoms with Crippen LogP contribution in [0.4, 0.5) is 0 Å². The van der Waals surface area contributed by atoms with Crippen LogP contribution in [0.15, 0.2) is 48.9 Å². The van der Waals surface area contributed by atoms with Gasteiger partial charge in [-0.3, -0.25) is 0 Å². The van der Waals surface area contributed by atoms with Crippen molar-refractivity contribution in [3.05, 3.63) is 54.5 Å². The lowest BCUT2D eigenvalue weighted by Gasteiger charge is -2.07. The summed E-state index contributed by atoms with van der Waals surface area (Å²) in [5, 5.41) is 9.97. The molecule has 0 spiro atoms. The summed E-state index contributed by atoms with van der Waals surface area (Å²) >= 11 is 0. The first-order valence-electron chi connectivity index (χ1n) is 5.66. The number of carboxylic acids is 1. The van der Waals surface area contributed by atoms with Gasteiger partial charge < -0.3 is 5.11 Å². The molecule has 5 heteroatoms. The van der Waals surface area contributed by atoms with Crippen molar-refractivity contribution in [3.8, 4) is 11.3 Å². The minimum Gasteiger partial charge on any atom is -0.478 e. The molecular weight excluding hydrogens is 242 g/mol. The highest BCUT2D eigenvalue weighted by Gasteiger charge is 2.14. The highest BCUT2D eigenvalue weighted by Crippen LogP contribution is 2.27. The molecule has 0 saturated carbocycles. The van der Waals surface area contributed by atoms with Gasteiger partial charge in [-0.1, -0.05) is 18.2 Å². The van der Waals surface area contributed by atoms with E-state index in [1.54, 1.807) is 36.5 Å². The molecule has 3 rings (SSSR count). The van der Waals surface area contributed by atoms with Crippen LogP contribution in [0.3, 0.4) is 0 Å². The summed E-state index contributed by atoms with van der Waals surface area (Å²) in [5.41, 5.74) is 1.91. The fourth-order valence-electron chi connectivity index (χ4n) is 1.99. The number of fused-ring (bicyclic) bond motifs is 1. The number of nitrogens with zero attached hydrogens (tertiary/aromatic N) is 3. The van der Waals surface area contributed by atoms with Crippen LogP contribution in [0.25, 0.3) is 22.3 Å². The van der Waals surface area contributed by atoms with Gasteiger partial charge in [-0.05, 0) is 18.2 Å². The lowest BCUT2D eigenvalue weighted by molar-refractivity contribution is 0.0697. The Hall–Kier alpha value is -2.82. The standard InChI is InChI=1S/C14H9N3O2/c18-14(19)10-5-2-1-4-9(10)12-11-6-3-7-15-13(11)17-8-16-12/h1-8H,(H,18,19). The number of aromatic nitrogens is 3. The van der Waals surface area contributed by atoms with Gasteiger partial charge in [-0.25, -0.2) is 19.7 Å². The Kier molecular flexibility index (Phi) is 2.64. The fourth-order valence-corrected chi connectivity index (χ4v) is 1.99. The predicted molar refractivity (Wildman–Crippen MR) is 69.7 cm³/mol. The fraction of sp³-hybridized carbons (Fsp3) is 0. The van der Waals surface area contributed by atoms with Gasteiger partial charge in [0.1, 0.15) is 6.33 Å². The monoisotopic (exact) mass is 251 g/mol. The first-order valence-corrected chi connectivity index (χ1v) is 5.66. The summed E-state index contributed by atoms with van der Waals surface area (Å²) in [6.07, 6.45) is 3.03. The zero-order chi connectivity index (χ0) is 13.2. The SMILES string of the molecule is O=C(O)c1ccccc1-c1ncnc2ncccc12. The third-order valence-corrected chi connectivity index (χ3v) is 2.82. The molecule has 0 fully saturated rings. The van der Waals surface area contributed by atoms with Crippen LogP contribution in [0.1, 0.15) is 10.4 Å². The van der Waals surface area contributed by atoms with E-state index in [2.05, 4.69) is 15.0 Å². The Bertz CT molecular complexity index is 766. The van der Waals surface area contributed by atoms with E-state index in [4.69, 9.17) is 0 Å². The van der Waals surface area contributed by atoms with Crippen molar-refractivity contribution in [2.75, 3.05) is 0 Å². The number of hydrogen-bond donors (Lipinski definition) is 1. The van der Waals surface area contributed by atoms with Gasteiger partial charge in [-0.15, -0.1) is 0 Å². The van der Waals surface area contributed by atoms with Gasteiger partial charge in [0.05, 0.1) is 11.3 Å². The average Bonchev–Trinajstić information content (AvgIpc) is 2.46. The number of carboxylic acid groups (broad SMARTS) is 1. The molecule has 0 aliphatic rings. The summed E-state index contributed by atoms with van der Waals surface area (Å²) < 4.78 is 0. The van der Waals surface area contributed by atoms with E-state index in [0.29, 0.717) is 16.9 Å². The molecule has 0 saturated heterocycles. The Morgan fingerprint density at radius 3 is 2.68 bits per heavy atom. The molecule has 2 aromatic heterocycles. The van der Waals surface area contributed by atoms with E-state index in [0.717, 1.165) is 5.39 Å². The largest absolute Gasteiger partial charge is 0.478 e. The first-order chi connectivity index (χ1) is 9.27. The number of aromatic carboxylic acids is 1. The molecular formula is C14H9N3O2. The van der Waals surface area contributed by atoms with Crippen LogP contribution in [0, 0.1) is 0 Å². The molecule has 0 amide bonds. The van der Waals surface area contributed by atoms with E-state index in [1.807, 2.05) is 6.07 Å². The molecule has 5 nitrogen and oxygen atoms in total. The summed E-state index contributed by atoms with van der Waals surface area (Å²) in [7, 11) is 0. The number of carbonyl (C=O) groups is 1. The highest BCUT2D eigenvalue weighted by molar-refractivity contribution is 6.00. The maximum absolute atomic E-state index is 11.3. The molecule has 0 radical (unpaired) electrons. The number of pyridine rings is 1. The van der Waals surface area contributed by atoms with Crippen molar-refractivity contribution in [3.63, 3.8) is 0 Å². The van der Waals surface area contributed by atoms with Crippen molar-refractivity contribution in [2.45, 2.75) is 0 Å². The van der Waals surface area contributed by atoms with Crippen molar-refractivity contribution in [2.24, 2.45) is 0 Å². The van der Waals surface area contributed by atoms with Gasteiger partial charge in [0, 0.05) is 17.1 Å². The summed E-state index contributed by atoms with van der Waals surface area (Å²) in [4.78, 5) is 23.7. The third-order valence-electron chi connectivity index (χ3n) is 2.82. The van der Waals surface area contributed by atoms with Gasteiger partial charge >= 0.3 is 5.97 Å². The maximum Gasteiger partial charge on any atom is 0.336 e. The maximum atomic E-state index is 11.3. The average molecular weight is 251 g/mol. The van der Waals surface area contributed by atoms with Crippen LogP contribution in [-0.4, -0.2) is 26.0 Å². The van der Waals surface area contributed by atoms with Crippen molar-refractivity contribution >= 4 is 17.0 Å². The van der Waals surface area contributed by atoms with E-state index >= 15 is 0 Å². The van der Waals surface area contributed by atoms with Gasteiger partial charge in [0.25, 0.3) is 0 Å². The molecule has 0 bridgehead atoms. The zero-order valence-corrected chi connectivity index (χ0v) is 9.82. The minimum absolute atomic E-state index is 0.214. The van der Waals surface area contributed by atoms with Gasteiger partial charge in [0.2, 0.25) is 0 Å². The molecule has 19 heavy (non-hydrogen) atoms. The van der Waals surface area contributed by atoms with Crippen molar-refractivity contribution < 1.29 is 9.90 Å². The quantitative estimate of drug-likeness (QED) is 0.756. The molecule has 0 aliphatic heterocycles. The highest BCUT2D eigenvalue weighted by atomic mass is 16.4. The summed E-state index contributed by atoms with van der Waals surface area (Å²) in [6.45, 7) is 0. The van der Waals surface area contributed by atoms with Crippen LogP contribution in [-0.2, 0) is 0 Å². The lowest BCUT2D eigenvalue weighted by Crippen LogP contribution is -2.01. The smallest absolute Gasteiger partial charge is 0.336 e. The lowest BCUT2D eigenvalue weighted by atomic mass is 10.0. The Morgan fingerprint density at radius 2 is 1.84 bits per heavy atom. The van der Waals surface area contributed by atoms with E-state index in [9.17, 15) is 9.90 Å². The second kappa shape index (κ2) is 4.45. The minimum atomic E-state index is -0.980. The van der Waals surface area contributed by atoms with Crippen LogP contribution >= 0.6 is 0 Å². The summed E-state index contributed by atoms with van der Waals surface area (Å²) in [5.74, 6) is -0.980. The Morgan fingerprint density at radius 1 is 1.00 bits per heavy atom. The second-order valence-corrected chi connectivity index (χ2v) is 3.95. The van der Waals surface area contributed by atoms with Gasteiger partial charge in [-0.2, -0.15) is 0 Å². The van der Waals surface area contributed by atoms with Crippen LogP contribution in [0.5, 0.6) is 0 Å². The van der Waals surface area contributed by atoms with Crippen LogP contribution < -0.4 is 0 Å². The van der Waals surface area contributed by atoms with E-state index < -0.39 is 5.97 Å². The second-order valence-electron chi connectivity index (χ2n) is 3.95. The topological polar surface area (TPSA) is 76.0 Å². The number of benzene rings is 1. The van der Waals surface area contributed by atoms with Crippen LogP contribution in [0.2, 0.25) is 0 Å². The molecule has 3 aromatic rings. The molecule has 0 unspecified atom stereocenters. The Labute approximate surface area is 108 Å². The molecule has 2 heterocycles. The first kappa shape index (κ1) is 11.3. The molecule has 0 aliphatic carbocycles. The third kappa shape index (κ3) is 1.91. The Balaban J connectivity index is 2.34. The van der Waals surface area contributed by atoms with E-state index in [-0.39, 0.29) is 5.56 Å². The van der Waals surface area contributed by atoms with Gasteiger partial charge in [0.15, 0.2) is 5.65 Å². The summed E-state index contributed by atoms with van der Waals surface area (Å²) in [6, 6.07) is 10.4. The molecule has 92 valence electrons. The van der Waals surface area contributed by atoms with Crippen molar-refractivity contribution in [1.82, 2.24) is 15.0 Å².